The molecule has 0 aliphatic carbocycles. The third-order valence-corrected chi connectivity index (χ3v) is 6.51. The van der Waals surface area contributed by atoms with Gasteiger partial charge in [0.1, 0.15) is 0 Å². The first-order valence-corrected chi connectivity index (χ1v) is 11.4. The molecule has 0 saturated carbocycles. The van der Waals surface area contributed by atoms with Gasteiger partial charge >= 0.3 is 0 Å². The van der Waals surface area contributed by atoms with E-state index in [1.54, 1.807) is 0 Å². The molecule has 4 nitrogen and oxygen atoms in total. The van der Waals surface area contributed by atoms with Gasteiger partial charge in [0.2, 0.25) is 0 Å². The fourth-order valence-electron chi connectivity index (χ4n) is 4.75. The Kier molecular flexibility index (Phi) is 5.89. The number of benzene rings is 1. The highest BCUT2D eigenvalue weighted by molar-refractivity contribution is 7.80. The molecular weight excluding hydrogens is 400 g/mol. The minimum absolute atomic E-state index is 0.0278. The summed E-state index contributed by atoms with van der Waals surface area (Å²) in [5.74, 6) is 0.507. The van der Waals surface area contributed by atoms with Crippen LogP contribution in [0.1, 0.15) is 59.7 Å². The maximum Gasteiger partial charge on any atom is 0.170 e. The maximum atomic E-state index is 5.81. The molecule has 3 heterocycles. The minimum Gasteiger partial charge on any atom is -0.352 e. The molecule has 0 spiro atoms. The second-order valence-electron chi connectivity index (χ2n) is 9.12. The zero-order valence-corrected chi connectivity index (χ0v) is 20.1. The monoisotopic (exact) mass is 432 g/mol. The van der Waals surface area contributed by atoms with Crippen molar-refractivity contribution in [2.24, 2.45) is 5.92 Å². The number of aryl methyl sites for hydroxylation is 3. The summed E-state index contributed by atoms with van der Waals surface area (Å²) in [7, 11) is 0. The first-order valence-electron chi connectivity index (χ1n) is 11.0. The predicted octanol–water partition coefficient (Wildman–Crippen LogP) is 5.73. The van der Waals surface area contributed by atoms with E-state index in [4.69, 9.17) is 12.2 Å². The van der Waals surface area contributed by atoms with Crippen molar-refractivity contribution in [3.63, 3.8) is 0 Å². The van der Waals surface area contributed by atoms with Gasteiger partial charge < -0.3 is 14.8 Å². The Morgan fingerprint density at radius 3 is 2.52 bits per heavy atom. The summed E-state index contributed by atoms with van der Waals surface area (Å²) >= 11 is 5.81. The van der Waals surface area contributed by atoms with E-state index < -0.39 is 0 Å². The molecule has 1 N–H and O–H groups in total. The van der Waals surface area contributed by atoms with Gasteiger partial charge in [-0.3, -0.25) is 4.98 Å². The lowest BCUT2D eigenvalue weighted by molar-refractivity contribution is 0.287. The van der Waals surface area contributed by atoms with Gasteiger partial charge in [-0.1, -0.05) is 32.0 Å². The van der Waals surface area contributed by atoms with Crippen molar-refractivity contribution in [1.82, 2.24) is 19.8 Å². The number of rotatable bonds is 5. The molecule has 31 heavy (non-hydrogen) atoms. The summed E-state index contributed by atoms with van der Waals surface area (Å²) in [5, 5.41) is 4.39. The van der Waals surface area contributed by atoms with Gasteiger partial charge in [-0.05, 0) is 86.8 Å². The molecule has 1 saturated heterocycles. The van der Waals surface area contributed by atoms with Crippen molar-refractivity contribution in [2.75, 3.05) is 6.54 Å². The summed E-state index contributed by atoms with van der Waals surface area (Å²) in [6, 6.07) is 15.2. The topological polar surface area (TPSA) is 33.1 Å². The van der Waals surface area contributed by atoms with Crippen molar-refractivity contribution in [3.05, 3.63) is 82.4 Å². The van der Waals surface area contributed by atoms with Gasteiger partial charge in [0.15, 0.2) is 5.11 Å². The van der Waals surface area contributed by atoms with E-state index in [-0.39, 0.29) is 12.1 Å². The molecule has 1 aliphatic heterocycles. The minimum atomic E-state index is 0.0278. The van der Waals surface area contributed by atoms with Crippen LogP contribution in [0.4, 0.5) is 0 Å². The van der Waals surface area contributed by atoms with Crippen LogP contribution in [-0.2, 0) is 0 Å². The quantitative estimate of drug-likeness (QED) is 0.522. The summed E-state index contributed by atoms with van der Waals surface area (Å²) in [6.07, 6.45) is 1.86. The van der Waals surface area contributed by atoms with E-state index in [2.05, 4.69) is 97.7 Å². The van der Waals surface area contributed by atoms with Crippen LogP contribution >= 0.6 is 12.2 Å². The number of pyridine rings is 1. The number of nitrogens with zero attached hydrogens (tertiary/aromatic N) is 3. The Morgan fingerprint density at radius 2 is 1.84 bits per heavy atom. The fraction of sp³-hybridized carbons (Fsp3) is 0.385. The third kappa shape index (κ3) is 3.99. The number of aromatic nitrogens is 2. The lowest BCUT2D eigenvalue weighted by Crippen LogP contribution is -2.33. The van der Waals surface area contributed by atoms with Crippen LogP contribution in [0.15, 0.2) is 48.7 Å². The van der Waals surface area contributed by atoms with Crippen molar-refractivity contribution >= 4 is 17.3 Å². The van der Waals surface area contributed by atoms with Crippen LogP contribution in [0.25, 0.3) is 5.69 Å². The maximum absolute atomic E-state index is 5.81. The van der Waals surface area contributed by atoms with Crippen LogP contribution < -0.4 is 5.32 Å². The largest absolute Gasteiger partial charge is 0.352 e. The number of thiocarbonyl (C=S) groups is 1. The molecule has 3 aromatic rings. The Morgan fingerprint density at radius 1 is 1.06 bits per heavy atom. The van der Waals surface area contributed by atoms with Gasteiger partial charge in [0, 0.05) is 29.8 Å². The van der Waals surface area contributed by atoms with Gasteiger partial charge in [-0.15, -0.1) is 0 Å². The zero-order valence-electron chi connectivity index (χ0n) is 19.3. The number of nitrogens with one attached hydrogen (secondary N) is 1. The lowest BCUT2D eigenvalue weighted by atomic mass is 9.96. The summed E-state index contributed by atoms with van der Waals surface area (Å²) < 4.78 is 2.39. The molecule has 2 aromatic heterocycles. The van der Waals surface area contributed by atoms with E-state index >= 15 is 0 Å². The van der Waals surface area contributed by atoms with Gasteiger partial charge in [0.05, 0.1) is 17.8 Å². The molecule has 4 rings (SSSR count). The normalized spacial score (nSPS) is 18.7. The number of hydrogen-bond acceptors (Lipinski definition) is 2. The lowest BCUT2D eigenvalue weighted by Gasteiger charge is -2.29. The molecule has 1 aromatic carbocycles. The van der Waals surface area contributed by atoms with Crippen LogP contribution in [0.5, 0.6) is 0 Å². The van der Waals surface area contributed by atoms with Gasteiger partial charge in [-0.2, -0.15) is 0 Å². The zero-order chi connectivity index (χ0) is 22.3. The van der Waals surface area contributed by atoms with E-state index in [0.717, 1.165) is 17.4 Å². The van der Waals surface area contributed by atoms with Crippen molar-refractivity contribution < 1.29 is 0 Å². The SMILES string of the molecule is Cc1ccc(C)c(-n2c(C)cc(C3C(c4ccccn4)NC(=S)N3CC(C)C)c2C)c1. The second kappa shape index (κ2) is 8.46. The summed E-state index contributed by atoms with van der Waals surface area (Å²) in [4.78, 5) is 7.03. The van der Waals surface area contributed by atoms with Crippen molar-refractivity contribution in [1.29, 1.82) is 0 Å². The highest BCUT2D eigenvalue weighted by Crippen LogP contribution is 2.41. The molecule has 0 bridgehead atoms. The Balaban J connectivity index is 1.86. The molecule has 0 amide bonds. The molecule has 0 radical (unpaired) electrons. The highest BCUT2D eigenvalue weighted by atomic mass is 32.1. The molecule has 1 aliphatic rings. The van der Waals surface area contributed by atoms with E-state index in [1.807, 2.05) is 12.3 Å². The molecule has 2 unspecified atom stereocenters. The predicted molar refractivity (Wildman–Crippen MR) is 132 cm³/mol. The molecule has 162 valence electrons. The van der Waals surface area contributed by atoms with Crippen molar-refractivity contribution in [2.45, 2.75) is 53.6 Å². The van der Waals surface area contributed by atoms with Crippen molar-refractivity contribution in [3.8, 4) is 5.69 Å². The number of hydrogen-bond donors (Lipinski definition) is 1. The third-order valence-electron chi connectivity index (χ3n) is 6.15. The Hall–Kier alpha value is -2.66. The summed E-state index contributed by atoms with van der Waals surface area (Å²) in [6.45, 7) is 14.2. The van der Waals surface area contributed by atoms with E-state index in [9.17, 15) is 0 Å². The average molecular weight is 433 g/mol. The molecule has 5 heteroatoms. The molecular formula is C26H32N4S. The van der Waals surface area contributed by atoms with E-state index in [0.29, 0.717) is 5.92 Å². The second-order valence-corrected chi connectivity index (χ2v) is 9.51. The smallest absolute Gasteiger partial charge is 0.170 e. The highest BCUT2D eigenvalue weighted by Gasteiger charge is 2.41. The van der Waals surface area contributed by atoms with Crippen LogP contribution in [-0.4, -0.2) is 26.1 Å². The van der Waals surface area contributed by atoms with Gasteiger partial charge in [-0.25, -0.2) is 0 Å². The molecule has 2 atom stereocenters. The van der Waals surface area contributed by atoms with Crippen LogP contribution in [0.2, 0.25) is 0 Å². The molecule has 1 fully saturated rings. The standard InChI is InChI=1S/C26H32N4S/c1-16(2)15-29-25(24(28-26(29)31)22-9-7-8-12-27-22)21-14-19(5)30(20(21)6)23-13-17(3)10-11-18(23)4/h7-14,16,24-25H,15H2,1-6H3,(H,28,31). The van der Waals surface area contributed by atoms with Crippen LogP contribution in [0, 0.1) is 33.6 Å². The van der Waals surface area contributed by atoms with Gasteiger partial charge in [0.25, 0.3) is 0 Å². The first kappa shape index (κ1) is 21.6. The fourth-order valence-corrected chi connectivity index (χ4v) is 5.07. The Bertz CT molecular complexity index is 1100. The first-order chi connectivity index (χ1) is 14.8. The summed E-state index contributed by atoms with van der Waals surface area (Å²) in [5.41, 5.74) is 8.63. The van der Waals surface area contributed by atoms with Crippen LogP contribution in [0.3, 0.4) is 0 Å². The average Bonchev–Trinajstić information content (AvgIpc) is 3.20. The Labute approximate surface area is 191 Å². The van der Waals surface area contributed by atoms with E-state index in [1.165, 1.54) is 33.8 Å².